The topological polar surface area (TPSA) is 153 Å². The van der Waals surface area contributed by atoms with Crippen LogP contribution in [0.3, 0.4) is 0 Å². The van der Waals surface area contributed by atoms with E-state index < -0.39 is 87.0 Å². The van der Waals surface area contributed by atoms with Crippen LogP contribution >= 0.6 is 11.8 Å². The van der Waals surface area contributed by atoms with Gasteiger partial charge in [0.1, 0.15) is 48.7 Å². The maximum atomic E-state index is 12.9. The zero-order chi connectivity index (χ0) is 45.5. The highest BCUT2D eigenvalue weighted by Crippen LogP contribution is 2.40. The van der Waals surface area contributed by atoms with Crippen LogP contribution in [0.4, 0.5) is 0 Å². The third-order valence-electron chi connectivity index (χ3n) is 10.3. The molecule has 0 aromatic heterocycles. The molecule has 2 saturated heterocycles. The van der Waals surface area contributed by atoms with Gasteiger partial charge in [0.25, 0.3) is 0 Å². The second kappa shape index (κ2) is 24.2. The van der Waals surface area contributed by atoms with E-state index in [0.29, 0.717) is 6.61 Å². The summed E-state index contributed by atoms with van der Waals surface area (Å²) >= 11 is 1.31. The number of methoxy groups -OCH3 is 1. The molecule has 10 atom stereocenters. The second-order valence-electron chi connectivity index (χ2n) is 15.8. The van der Waals surface area contributed by atoms with Crippen LogP contribution in [-0.2, 0) is 85.7 Å². The van der Waals surface area contributed by atoms with Gasteiger partial charge in [0.05, 0.1) is 26.4 Å². The highest BCUT2D eigenvalue weighted by atomic mass is 32.2. The Kier molecular flexibility index (Phi) is 18.5. The Morgan fingerprint density at radius 1 is 0.547 bits per heavy atom. The Bertz CT molecular complexity index is 2030. The van der Waals surface area contributed by atoms with Gasteiger partial charge in [-0.05, 0) is 41.9 Å². The molecular weight excluding hydrogens is 861 g/mol. The van der Waals surface area contributed by atoms with Crippen molar-refractivity contribution in [1.82, 2.24) is 0 Å². The first-order valence-electron chi connectivity index (χ1n) is 21.2. The molecule has 2 heterocycles. The van der Waals surface area contributed by atoms with Gasteiger partial charge in [-0.25, -0.2) is 0 Å². The van der Waals surface area contributed by atoms with E-state index in [1.807, 2.05) is 134 Å². The zero-order valence-electron chi connectivity index (χ0n) is 37.0. The average molecular weight is 919 g/mol. The summed E-state index contributed by atoms with van der Waals surface area (Å²) in [5, 5.41) is 0. The van der Waals surface area contributed by atoms with Gasteiger partial charge in [0.15, 0.2) is 18.5 Å². The lowest BCUT2D eigenvalue weighted by atomic mass is 9.98. The molecule has 0 unspecified atom stereocenters. The van der Waals surface area contributed by atoms with Crippen molar-refractivity contribution in [1.29, 1.82) is 0 Å². The van der Waals surface area contributed by atoms with Crippen molar-refractivity contribution in [3.8, 4) is 0 Å². The molecule has 6 rings (SSSR count). The van der Waals surface area contributed by atoms with Crippen molar-refractivity contribution in [3.63, 3.8) is 0 Å². The fraction of sp³-hybridized carbons (Fsp3) is 0.438. The van der Waals surface area contributed by atoms with Crippen molar-refractivity contribution in [2.75, 3.05) is 20.3 Å². The smallest absolute Gasteiger partial charge is 0.332 e. The average Bonchev–Trinajstić information content (AvgIpc) is 3.28. The number of thioether (sulfide) groups is 1. The van der Waals surface area contributed by atoms with Gasteiger partial charge in [0, 0.05) is 32.8 Å². The van der Waals surface area contributed by atoms with Crippen LogP contribution < -0.4 is 0 Å². The van der Waals surface area contributed by atoms with Crippen LogP contribution in [-0.4, -0.2) is 107 Å². The number of ether oxygens (including phenoxy) is 9. The predicted molar refractivity (Wildman–Crippen MR) is 238 cm³/mol. The minimum absolute atomic E-state index is 0.122. The predicted octanol–water partition coefficient (Wildman–Crippen LogP) is 7.16. The third-order valence-corrected chi connectivity index (χ3v) is 13.1. The minimum atomic E-state index is -3.54. The maximum absolute atomic E-state index is 12.9. The number of hydrogen-bond donors (Lipinski definition) is 0. The van der Waals surface area contributed by atoms with Gasteiger partial charge in [0.2, 0.25) is 0 Å². The first-order valence-corrected chi connectivity index (χ1v) is 24.9. The standard InChI is InChI=1S/C48H58O14SSi/c1-32(49)54-31-40-42(57-33(2)50)43(58-34(3)51)46(48(60-40)63-38-25-17-10-18-26-38)62-64(5,6)61-44-41(55-28-36-21-13-8-14-22-36)39(30-53-27-35-19-11-7-12-20-35)59-47(52-4)45(44)56-29-37-23-15-9-16-24-37/h7-26,39-48H,27-31H2,1-6H3/t39-,40-,41-,42+,43+,44+,45-,46-,47+,48+/m1/s1. The number of rotatable bonds is 21. The maximum Gasteiger partial charge on any atom is 0.332 e. The van der Waals surface area contributed by atoms with Crippen molar-refractivity contribution in [3.05, 3.63) is 138 Å². The van der Waals surface area contributed by atoms with E-state index in [9.17, 15) is 14.4 Å². The molecule has 64 heavy (non-hydrogen) atoms. The van der Waals surface area contributed by atoms with Crippen molar-refractivity contribution in [2.24, 2.45) is 0 Å². The molecule has 2 fully saturated rings. The molecule has 0 spiro atoms. The summed E-state index contributed by atoms with van der Waals surface area (Å²) in [7, 11) is -1.99. The summed E-state index contributed by atoms with van der Waals surface area (Å²) in [4.78, 5) is 38.4. The summed E-state index contributed by atoms with van der Waals surface area (Å²) in [5.74, 6) is -1.88. The quantitative estimate of drug-likeness (QED) is 0.0472. The second-order valence-corrected chi connectivity index (χ2v) is 20.2. The fourth-order valence-electron chi connectivity index (χ4n) is 7.52. The van der Waals surface area contributed by atoms with E-state index >= 15 is 0 Å². The number of hydrogen-bond acceptors (Lipinski definition) is 15. The summed E-state index contributed by atoms with van der Waals surface area (Å²) in [6, 6.07) is 38.8. The molecule has 2 aliphatic rings. The molecule has 0 saturated carbocycles. The lowest BCUT2D eigenvalue weighted by Crippen LogP contribution is -2.66. The SMILES string of the molecule is CO[C@H]1O[C@H](COCc2ccccc2)[C@@H](OCc2ccccc2)[C@H](O[Si](C)(C)O[C@@H]2[C@@H](OC(C)=O)[C@@H](OC(C)=O)[C@@H](COC(C)=O)O[C@H]2Sc2ccccc2)[C@H]1OCc1ccccc1. The Labute approximate surface area is 380 Å². The lowest BCUT2D eigenvalue weighted by molar-refractivity contribution is -0.314. The molecule has 14 nitrogen and oxygen atoms in total. The van der Waals surface area contributed by atoms with Gasteiger partial charge in [-0.3, -0.25) is 14.4 Å². The first-order chi connectivity index (χ1) is 30.9. The normalized spacial score (nSPS) is 25.8. The summed E-state index contributed by atoms with van der Waals surface area (Å²) < 4.78 is 70.6. The zero-order valence-corrected chi connectivity index (χ0v) is 38.8. The van der Waals surface area contributed by atoms with Crippen LogP contribution in [0.5, 0.6) is 0 Å². The molecular formula is C48H58O14SSi. The van der Waals surface area contributed by atoms with Crippen LogP contribution in [0.1, 0.15) is 37.5 Å². The minimum Gasteiger partial charge on any atom is -0.463 e. The van der Waals surface area contributed by atoms with Gasteiger partial charge < -0.3 is 51.5 Å². The van der Waals surface area contributed by atoms with Crippen molar-refractivity contribution >= 4 is 38.2 Å². The van der Waals surface area contributed by atoms with E-state index in [1.54, 1.807) is 7.11 Å². The third kappa shape index (κ3) is 14.5. The van der Waals surface area contributed by atoms with E-state index in [0.717, 1.165) is 21.6 Å². The van der Waals surface area contributed by atoms with Crippen LogP contribution in [0.2, 0.25) is 13.1 Å². The number of benzene rings is 4. The Balaban J connectivity index is 1.37. The molecule has 0 amide bonds. The molecule has 344 valence electrons. The number of carbonyl (C=O) groups excluding carboxylic acids is 3. The van der Waals surface area contributed by atoms with Gasteiger partial charge >= 0.3 is 26.5 Å². The molecule has 4 aromatic carbocycles. The van der Waals surface area contributed by atoms with Gasteiger partial charge in [-0.15, -0.1) is 0 Å². The first kappa shape index (κ1) is 49.0. The van der Waals surface area contributed by atoms with E-state index in [2.05, 4.69) is 0 Å². The van der Waals surface area contributed by atoms with Crippen LogP contribution in [0, 0.1) is 0 Å². The Hall–Kier alpha value is -4.46. The van der Waals surface area contributed by atoms with Gasteiger partial charge in [-0.1, -0.05) is 121 Å². The molecule has 0 aliphatic carbocycles. The van der Waals surface area contributed by atoms with Crippen molar-refractivity contribution < 1.29 is 65.9 Å². The number of esters is 3. The highest BCUT2D eigenvalue weighted by molar-refractivity contribution is 7.99. The Morgan fingerprint density at radius 3 is 1.56 bits per heavy atom. The molecule has 0 N–H and O–H groups in total. The lowest BCUT2D eigenvalue weighted by Gasteiger charge is -2.49. The van der Waals surface area contributed by atoms with Gasteiger partial charge in [-0.2, -0.15) is 0 Å². The molecule has 0 bridgehead atoms. The monoisotopic (exact) mass is 918 g/mol. The van der Waals surface area contributed by atoms with E-state index in [-0.39, 0.29) is 26.4 Å². The molecule has 0 radical (unpaired) electrons. The number of carbonyl (C=O) groups is 3. The molecule has 2 aliphatic heterocycles. The van der Waals surface area contributed by atoms with Crippen LogP contribution in [0.15, 0.2) is 126 Å². The highest BCUT2D eigenvalue weighted by Gasteiger charge is 2.56. The molecule has 4 aromatic rings. The largest absolute Gasteiger partial charge is 0.463 e. The van der Waals surface area contributed by atoms with E-state index in [1.165, 1.54) is 32.5 Å². The van der Waals surface area contributed by atoms with Crippen LogP contribution in [0.25, 0.3) is 0 Å². The Morgan fingerprint density at radius 2 is 1.03 bits per heavy atom. The summed E-state index contributed by atoms with van der Waals surface area (Å²) in [5.41, 5.74) is 1.95. The van der Waals surface area contributed by atoms with Crippen molar-refractivity contribution in [2.45, 2.75) is 119 Å². The summed E-state index contributed by atoms with van der Waals surface area (Å²) in [6.07, 6.45) is -8.69. The van der Waals surface area contributed by atoms with E-state index in [4.69, 9.17) is 51.5 Å². The fourth-order valence-corrected chi connectivity index (χ4v) is 10.6. The molecule has 16 heteroatoms. The summed E-state index contributed by atoms with van der Waals surface area (Å²) in [6.45, 7) is 8.05.